The summed E-state index contributed by atoms with van der Waals surface area (Å²) in [5.74, 6) is -1.59. The summed E-state index contributed by atoms with van der Waals surface area (Å²) >= 11 is 0. The standard InChI is InChI=1S/C15H23F2NO/c1-4-6-10(3)19-15-13(16)8-11(9-14(15)17)7-12(18)5-2/h8-10,12H,4-7,18H2,1-3H3. The summed E-state index contributed by atoms with van der Waals surface area (Å²) in [6.45, 7) is 5.76. The normalized spacial score (nSPS) is 14.2. The molecular weight excluding hydrogens is 248 g/mol. The average Bonchev–Trinajstić information content (AvgIpc) is 2.34. The van der Waals surface area contributed by atoms with Crippen LogP contribution in [0.5, 0.6) is 5.75 Å². The van der Waals surface area contributed by atoms with Crippen LogP contribution in [0, 0.1) is 11.6 Å². The largest absolute Gasteiger partial charge is 0.485 e. The van der Waals surface area contributed by atoms with Gasteiger partial charge in [0.15, 0.2) is 17.4 Å². The molecule has 0 aromatic heterocycles. The first kappa shape index (κ1) is 15.9. The van der Waals surface area contributed by atoms with Gasteiger partial charge in [0.05, 0.1) is 6.10 Å². The number of ether oxygens (including phenoxy) is 1. The van der Waals surface area contributed by atoms with Crippen LogP contribution in [0.3, 0.4) is 0 Å². The molecular formula is C15H23F2NO. The van der Waals surface area contributed by atoms with Crippen molar-refractivity contribution < 1.29 is 13.5 Å². The van der Waals surface area contributed by atoms with E-state index in [0.29, 0.717) is 12.0 Å². The molecule has 0 bridgehead atoms. The van der Waals surface area contributed by atoms with E-state index in [4.69, 9.17) is 10.5 Å². The number of nitrogens with two attached hydrogens (primary N) is 1. The maximum Gasteiger partial charge on any atom is 0.191 e. The van der Waals surface area contributed by atoms with E-state index in [1.165, 1.54) is 12.1 Å². The molecule has 0 fully saturated rings. The van der Waals surface area contributed by atoms with Crippen molar-refractivity contribution in [1.82, 2.24) is 0 Å². The van der Waals surface area contributed by atoms with E-state index < -0.39 is 11.6 Å². The maximum atomic E-state index is 13.9. The van der Waals surface area contributed by atoms with Gasteiger partial charge in [0.25, 0.3) is 0 Å². The van der Waals surface area contributed by atoms with Crippen molar-refractivity contribution in [1.29, 1.82) is 0 Å². The highest BCUT2D eigenvalue weighted by Crippen LogP contribution is 2.25. The smallest absolute Gasteiger partial charge is 0.191 e. The van der Waals surface area contributed by atoms with Crippen molar-refractivity contribution in [2.75, 3.05) is 0 Å². The second-order valence-corrected chi connectivity index (χ2v) is 4.98. The molecule has 2 nitrogen and oxygen atoms in total. The van der Waals surface area contributed by atoms with Crippen LogP contribution in [0.1, 0.15) is 45.6 Å². The van der Waals surface area contributed by atoms with E-state index in [1.54, 1.807) is 0 Å². The molecule has 19 heavy (non-hydrogen) atoms. The fourth-order valence-electron chi connectivity index (χ4n) is 1.96. The lowest BCUT2D eigenvalue weighted by atomic mass is 10.0. The van der Waals surface area contributed by atoms with Gasteiger partial charge >= 0.3 is 0 Å². The van der Waals surface area contributed by atoms with Gasteiger partial charge in [0.1, 0.15) is 0 Å². The van der Waals surface area contributed by atoms with Crippen LogP contribution in [0.25, 0.3) is 0 Å². The molecule has 0 amide bonds. The molecule has 4 heteroatoms. The average molecular weight is 271 g/mol. The minimum absolute atomic E-state index is 0.0791. The fraction of sp³-hybridized carbons (Fsp3) is 0.600. The lowest BCUT2D eigenvalue weighted by Crippen LogP contribution is -2.21. The first-order chi connectivity index (χ1) is 8.97. The van der Waals surface area contributed by atoms with Gasteiger partial charge in [-0.1, -0.05) is 20.3 Å². The fourth-order valence-corrected chi connectivity index (χ4v) is 1.96. The van der Waals surface area contributed by atoms with E-state index in [0.717, 1.165) is 19.3 Å². The van der Waals surface area contributed by atoms with E-state index in [9.17, 15) is 8.78 Å². The lowest BCUT2D eigenvalue weighted by molar-refractivity contribution is 0.191. The molecule has 0 heterocycles. The highest BCUT2D eigenvalue weighted by atomic mass is 19.1. The summed E-state index contributed by atoms with van der Waals surface area (Å²) in [6.07, 6.45) is 2.72. The SMILES string of the molecule is CCCC(C)Oc1c(F)cc(CC(N)CC)cc1F. The van der Waals surface area contributed by atoms with E-state index in [-0.39, 0.29) is 17.9 Å². The zero-order chi connectivity index (χ0) is 14.4. The Hall–Kier alpha value is -1.16. The zero-order valence-electron chi connectivity index (χ0n) is 11.9. The summed E-state index contributed by atoms with van der Waals surface area (Å²) in [4.78, 5) is 0. The van der Waals surface area contributed by atoms with Gasteiger partial charge in [-0.25, -0.2) is 8.78 Å². The van der Waals surface area contributed by atoms with Crippen molar-refractivity contribution in [3.63, 3.8) is 0 Å². The summed E-state index contributed by atoms with van der Waals surface area (Å²) in [5, 5.41) is 0. The Morgan fingerprint density at radius 2 is 1.79 bits per heavy atom. The van der Waals surface area contributed by atoms with Gasteiger partial charge < -0.3 is 10.5 Å². The van der Waals surface area contributed by atoms with Crippen LogP contribution in [0.15, 0.2) is 12.1 Å². The Morgan fingerprint density at radius 1 is 1.21 bits per heavy atom. The van der Waals surface area contributed by atoms with Gasteiger partial charge in [-0.05, 0) is 43.9 Å². The molecule has 0 saturated carbocycles. The van der Waals surface area contributed by atoms with Crippen molar-refractivity contribution in [2.45, 2.75) is 58.6 Å². The monoisotopic (exact) mass is 271 g/mol. The van der Waals surface area contributed by atoms with E-state index >= 15 is 0 Å². The van der Waals surface area contributed by atoms with Crippen LogP contribution >= 0.6 is 0 Å². The number of benzene rings is 1. The molecule has 1 aromatic rings. The Balaban J connectivity index is 2.85. The molecule has 0 aliphatic rings. The quantitative estimate of drug-likeness (QED) is 0.818. The summed E-state index contributed by atoms with van der Waals surface area (Å²) in [5.41, 5.74) is 6.36. The molecule has 0 aliphatic heterocycles. The Labute approximate surface area is 114 Å². The van der Waals surface area contributed by atoms with Gasteiger partial charge in [-0.15, -0.1) is 0 Å². The van der Waals surface area contributed by atoms with Crippen LogP contribution in [0.4, 0.5) is 8.78 Å². The van der Waals surface area contributed by atoms with Crippen LogP contribution in [-0.2, 0) is 6.42 Å². The Morgan fingerprint density at radius 3 is 2.26 bits per heavy atom. The second kappa shape index (κ2) is 7.43. The number of rotatable bonds is 7. The van der Waals surface area contributed by atoms with Gasteiger partial charge in [0.2, 0.25) is 0 Å². The highest BCUT2D eigenvalue weighted by molar-refractivity contribution is 5.32. The number of hydrogen-bond acceptors (Lipinski definition) is 2. The molecule has 0 aliphatic carbocycles. The molecule has 108 valence electrons. The first-order valence-corrected chi connectivity index (χ1v) is 6.88. The predicted molar refractivity (Wildman–Crippen MR) is 73.3 cm³/mol. The summed E-state index contributed by atoms with van der Waals surface area (Å²) in [7, 11) is 0. The molecule has 0 saturated heterocycles. The number of halogens is 2. The third-order valence-electron chi connectivity index (χ3n) is 3.09. The first-order valence-electron chi connectivity index (χ1n) is 6.88. The lowest BCUT2D eigenvalue weighted by Gasteiger charge is -2.16. The molecule has 0 radical (unpaired) electrons. The second-order valence-electron chi connectivity index (χ2n) is 4.98. The molecule has 2 unspecified atom stereocenters. The Kier molecular flexibility index (Phi) is 6.22. The van der Waals surface area contributed by atoms with Crippen molar-refractivity contribution >= 4 is 0 Å². The predicted octanol–water partition coefficient (Wildman–Crippen LogP) is 3.81. The van der Waals surface area contributed by atoms with Gasteiger partial charge in [-0.2, -0.15) is 0 Å². The summed E-state index contributed by atoms with van der Waals surface area (Å²) in [6, 6.07) is 2.55. The molecule has 2 atom stereocenters. The van der Waals surface area contributed by atoms with Crippen LogP contribution < -0.4 is 10.5 Å². The van der Waals surface area contributed by atoms with Crippen molar-refractivity contribution in [3.8, 4) is 5.75 Å². The third kappa shape index (κ3) is 4.78. The topological polar surface area (TPSA) is 35.2 Å². The molecule has 1 aromatic carbocycles. The van der Waals surface area contributed by atoms with Gasteiger partial charge in [0, 0.05) is 6.04 Å². The number of hydrogen-bond donors (Lipinski definition) is 1. The van der Waals surface area contributed by atoms with Gasteiger partial charge in [-0.3, -0.25) is 0 Å². The summed E-state index contributed by atoms with van der Waals surface area (Å²) < 4.78 is 33.0. The van der Waals surface area contributed by atoms with Crippen LogP contribution in [-0.4, -0.2) is 12.1 Å². The third-order valence-corrected chi connectivity index (χ3v) is 3.09. The molecule has 2 N–H and O–H groups in total. The molecule has 0 spiro atoms. The van der Waals surface area contributed by atoms with E-state index in [1.807, 2.05) is 20.8 Å². The Bertz CT molecular complexity index is 386. The van der Waals surface area contributed by atoms with Crippen LogP contribution in [0.2, 0.25) is 0 Å². The van der Waals surface area contributed by atoms with Crippen molar-refractivity contribution in [3.05, 3.63) is 29.3 Å². The maximum absolute atomic E-state index is 13.9. The van der Waals surface area contributed by atoms with Crippen molar-refractivity contribution in [2.24, 2.45) is 5.73 Å². The minimum atomic E-state index is -0.652. The zero-order valence-corrected chi connectivity index (χ0v) is 11.9. The minimum Gasteiger partial charge on any atom is -0.485 e. The highest BCUT2D eigenvalue weighted by Gasteiger charge is 2.16. The molecule has 1 rings (SSSR count). The van der Waals surface area contributed by atoms with E-state index in [2.05, 4.69) is 0 Å².